The summed E-state index contributed by atoms with van der Waals surface area (Å²) in [5, 5.41) is 14.2. The number of hydrogen-bond donors (Lipinski definition) is 1. The molecular weight excluding hydrogens is 242 g/mol. The quantitative estimate of drug-likeness (QED) is 0.861. The molecule has 2 rings (SSSR count). The summed E-state index contributed by atoms with van der Waals surface area (Å²) >= 11 is 0. The molecule has 1 aromatic rings. The highest BCUT2D eigenvalue weighted by Gasteiger charge is 2.28. The van der Waals surface area contributed by atoms with Gasteiger partial charge in [0.15, 0.2) is 0 Å². The lowest BCUT2D eigenvalue weighted by Crippen LogP contribution is -2.46. The van der Waals surface area contributed by atoms with Gasteiger partial charge in [0.2, 0.25) is 5.91 Å². The Hall–Kier alpha value is -1.36. The van der Waals surface area contributed by atoms with E-state index in [9.17, 15) is 9.90 Å². The van der Waals surface area contributed by atoms with Crippen molar-refractivity contribution >= 4 is 5.91 Å². The molecule has 5 nitrogen and oxygen atoms in total. The lowest BCUT2D eigenvalue weighted by molar-refractivity contribution is -0.134. The van der Waals surface area contributed by atoms with Gasteiger partial charge < -0.3 is 10.0 Å². The second-order valence-electron chi connectivity index (χ2n) is 5.62. The molecule has 19 heavy (non-hydrogen) atoms. The van der Waals surface area contributed by atoms with E-state index in [0.717, 1.165) is 29.9 Å². The van der Waals surface area contributed by atoms with Gasteiger partial charge in [0.05, 0.1) is 18.2 Å². The molecule has 1 N–H and O–H groups in total. The van der Waals surface area contributed by atoms with E-state index in [-0.39, 0.29) is 11.8 Å². The number of carbonyl (C=O) groups is 1. The minimum atomic E-state index is -0.395. The molecular formula is C14H23N3O2. The number of likely N-dealkylation sites (tertiary alicyclic amines) is 1. The molecule has 1 fully saturated rings. The average Bonchev–Trinajstić information content (AvgIpc) is 2.59. The molecule has 1 saturated heterocycles. The highest BCUT2D eigenvalue weighted by molar-refractivity contribution is 5.79. The van der Waals surface area contributed by atoms with E-state index < -0.39 is 6.10 Å². The highest BCUT2D eigenvalue weighted by Crippen LogP contribution is 2.19. The van der Waals surface area contributed by atoms with Crippen molar-refractivity contribution in [1.29, 1.82) is 0 Å². The number of β-amino-alcohol motifs (C(OH)–C–C–N with tert-alkyl or cyclic N) is 1. The lowest BCUT2D eigenvalue weighted by atomic mass is 9.95. The van der Waals surface area contributed by atoms with Crippen molar-refractivity contribution in [2.45, 2.75) is 39.7 Å². The van der Waals surface area contributed by atoms with E-state index in [1.807, 2.05) is 32.5 Å². The Balaban J connectivity index is 2.05. The third kappa shape index (κ3) is 2.81. The molecule has 0 saturated carbocycles. The molecule has 1 aliphatic rings. The maximum atomic E-state index is 12.3. The van der Waals surface area contributed by atoms with E-state index >= 15 is 0 Å². The minimum Gasteiger partial charge on any atom is -0.391 e. The molecule has 0 spiro atoms. The number of amides is 1. The summed E-state index contributed by atoms with van der Waals surface area (Å²) in [7, 11) is 1.89. The number of carbonyl (C=O) groups excluding carboxylic acids is 1. The molecule has 1 aromatic heterocycles. The Bertz CT molecular complexity index is 481. The number of aromatic nitrogens is 2. The van der Waals surface area contributed by atoms with Crippen molar-refractivity contribution in [3.63, 3.8) is 0 Å². The Kier molecular flexibility index (Phi) is 3.94. The molecule has 0 aromatic carbocycles. The van der Waals surface area contributed by atoms with E-state index in [2.05, 4.69) is 5.10 Å². The number of hydrogen-bond acceptors (Lipinski definition) is 3. The van der Waals surface area contributed by atoms with E-state index in [0.29, 0.717) is 13.0 Å². The van der Waals surface area contributed by atoms with Crippen LogP contribution in [0.5, 0.6) is 0 Å². The van der Waals surface area contributed by atoms with Gasteiger partial charge in [-0.2, -0.15) is 5.10 Å². The summed E-state index contributed by atoms with van der Waals surface area (Å²) in [6.07, 6.45) is 0.860. The monoisotopic (exact) mass is 265 g/mol. The van der Waals surface area contributed by atoms with Crippen LogP contribution in [-0.4, -0.2) is 44.9 Å². The molecule has 2 unspecified atom stereocenters. The van der Waals surface area contributed by atoms with Crippen LogP contribution in [0.1, 0.15) is 30.3 Å². The normalized spacial score (nSPS) is 23.7. The van der Waals surface area contributed by atoms with Crippen LogP contribution in [0, 0.1) is 19.8 Å². The first-order valence-electron chi connectivity index (χ1n) is 6.85. The Morgan fingerprint density at radius 2 is 2.16 bits per heavy atom. The van der Waals surface area contributed by atoms with Gasteiger partial charge in [0.25, 0.3) is 0 Å². The van der Waals surface area contributed by atoms with Crippen LogP contribution >= 0.6 is 0 Å². The number of aliphatic hydroxyl groups is 1. The van der Waals surface area contributed by atoms with E-state index in [4.69, 9.17) is 0 Å². The number of aliphatic hydroxyl groups excluding tert-OH is 1. The van der Waals surface area contributed by atoms with Gasteiger partial charge in [-0.05, 0) is 26.2 Å². The third-order valence-electron chi connectivity index (χ3n) is 4.26. The maximum Gasteiger partial charge on any atom is 0.227 e. The Morgan fingerprint density at radius 1 is 1.47 bits per heavy atom. The summed E-state index contributed by atoms with van der Waals surface area (Å²) in [6, 6.07) is 0. The Morgan fingerprint density at radius 3 is 2.68 bits per heavy atom. The molecule has 106 valence electrons. The summed E-state index contributed by atoms with van der Waals surface area (Å²) < 4.78 is 1.81. The zero-order valence-electron chi connectivity index (χ0n) is 12.2. The summed E-state index contributed by atoms with van der Waals surface area (Å²) in [5.74, 6) is 0.371. The first-order valence-corrected chi connectivity index (χ1v) is 6.85. The molecule has 2 atom stereocenters. The Labute approximate surface area is 114 Å². The second kappa shape index (κ2) is 5.33. The average molecular weight is 265 g/mol. The molecule has 0 bridgehead atoms. The molecule has 5 heteroatoms. The number of piperidine rings is 1. The first-order chi connectivity index (χ1) is 8.90. The van der Waals surface area contributed by atoms with Crippen LogP contribution < -0.4 is 0 Å². The minimum absolute atomic E-state index is 0.0881. The van der Waals surface area contributed by atoms with Gasteiger partial charge in [0.1, 0.15) is 0 Å². The van der Waals surface area contributed by atoms with Crippen molar-refractivity contribution < 1.29 is 9.90 Å². The van der Waals surface area contributed by atoms with Gasteiger partial charge >= 0.3 is 0 Å². The lowest BCUT2D eigenvalue weighted by Gasteiger charge is -2.34. The molecule has 0 radical (unpaired) electrons. The van der Waals surface area contributed by atoms with Gasteiger partial charge in [0, 0.05) is 31.4 Å². The van der Waals surface area contributed by atoms with Crippen LogP contribution in [-0.2, 0) is 18.3 Å². The predicted octanol–water partition coefficient (Wildman–Crippen LogP) is 0.809. The largest absolute Gasteiger partial charge is 0.391 e. The highest BCUT2D eigenvalue weighted by atomic mass is 16.3. The van der Waals surface area contributed by atoms with Gasteiger partial charge in [-0.25, -0.2) is 0 Å². The number of nitrogens with zero attached hydrogens (tertiary/aromatic N) is 3. The van der Waals surface area contributed by atoms with Crippen molar-refractivity contribution in [2.24, 2.45) is 13.0 Å². The third-order valence-corrected chi connectivity index (χ3v) is 4.26. The van der Waals surface area contributed by atoms with Crippen LogP contribution in [0.3, 0.4) is 0 Å². The van der Waals surface area contributed by atoms with Gasteiger partial charge in [-0.1, -0.05) is 6.92 Å². The topological polar surface area (TPSA) is 58.4 Å². The van der Waals surface area contributed by atoms with Crippen molar-refractivity contribution in [1.82, 2.24) is 14.7 Å². The van der Waals surface area contributed by atoms with Crippen molar-refractivity contribution in [3.05, 3.63) is 17.0 Å². The van der Waals surface area contributed by atoms with Gasteiger partial charge in [-0.3, -0.25) is 9.48 Å². The van der Waals surface area contributed by atoms with Gasteiger partial charge in [-0.15, -0.1) is 0 Å². The molecule has 1 aliphatic heterocycles. The van der Waals surface area contributed by atoms with Crippen LogP contribution in [0.25, 0.3) is 0 Å². The fourth-order valence-corrected chi connectivity index (χ4v) is 2.61. The fourth-order valence-electron chi connectivity index (χ4n) is 2.61. The summed E-state index contributed by atoms with van der Waals surface area (Å²) in [6.45, 7) is 7.15. The maximum absolute atomic E-state index is 12.3. The zero-order valence-corrected chi connectivity index (χ0v) is 12.2. The molecule has 0 aliphatic carbocycles. The predicted molar refractivity (Wildman–Crippen MR) is 72.8 cm³/mol. The number of rotatable bonds is 2. The van der Waals surface area contributed by atoms with E-state index in [1.54, 1.807) is 4.90 Å². The van der Waals surface area contributed by atoms with Crippen LogP contribution in [0.4, 0.5) is 0 Å². The van der Waals surface area contributed by atoms with Crippen molar-refractivity contribution in [2.75, 3.05) is 13.1 Å². The summed E-state index contributed by atoms with van der Waals surface area (Å²) in [5.41, 5.74) is 2.97. The molecule has 1 amide bonds. The fraction of sp³-hybridized carbons (Fsp3) is 0.714. The first kappa shape index (κ1) is 14.1. The smallest absolute Gasteiger partial charge is 0.227 e. The van der Waals surface area contributed by atoms with Crippen LogP contribution in [0.2, 0.25) is 0 Å². The van der Waals surface area contributed by atoms with Crippen molar-refractivity contribution in [3.8, 4) is 0 Å². The zero-order chi connectivity index (χ0) is 14.2. The second-order valence-corrected chi connectivity index (χ2v) is 5.62. The summed E-state index contributed by atoms with van der Waals surface area (Å²) in [4.78, 5) is 14.1. The SMILES string of the molecule is Cc1nn(C)c(C)c1CC(=O)N1CCC(C)C(O)C1. The molecule has 2 heterocycles. The standard InChI is InChI=1S/C14H23N3O2/c1-9-5-6-17(8-13(9)18)14(19)7-12-10(2)15-16(4)11(12)3/h9,13,18H,5-8H2,1-4H3. The van der Waals surface area contributed by atoms with Crippen LogP contribution in [0.15, 0.2) is 0 Å². The van der Waals surface area contributed by atoms with E-state index in [1.165, 1.54) is 0 Å². The number of aryl methyl sites for hydroxylation is 2.